The number of aliphatic carboxylic acids is 1. The number of piperidine rings is 2. The number of carboxylic acid groups (broad SMARTS) is 1. The summed E-state index contributed by atoms with van der Waals surface area (Å²) < 4.78 is 8.83. The van der Waals surface area contributed by atoms with Gasteiger partial charge in [0.05, 0.1) is 14.3 Å². The zero-order valence-electron chi connectivity index (χ0n) is 27.2. The van der Waals surface area contributed by atoms with Crippen LogP contribution in [0.25, 0.3) is 0 Å². The second kappa shape index (κ2) is 19.9. The fourth-order valence-corrected chi connectivity index (χ4v) is 11.8. The Kier molecular flexibility index (Phi) is 16.8. The molecule has 3 aliphatic heterocycles. The van der Waals surface area contributed by atoms with Gasteiger partial charge in [-0.05, 0) is 96.8 Å². The van der Waals surface area contributed by atoms with Gasteiger partial charge in [0.1, 0.15) is 16.5 Å². The number of nitrogens with one attached hydrogen (secondary N) is 1. The molecule has 1 aromatic carbocycles. The van der Waals surface area contributed by atoms with Gasteiger partial charge in [0.15, 0.2) is 0 Å². The molecule has 2 aromatic rings. The summed E-state index contributed by atoms with van der Waals surface area (Å²) in [4.78, 5) is 19.7. The maximum Gasteiger partial charge on any atom is 0.321 e. The number of likely N-dealkylation sites (tertiary alicyclic amines) is 1. The van der Waals surface area contributed by atoms with Crippen LogP contribution in [0, 0.1) is 18.8 Å². The topological polar surface area (TPSA) is 68.2 Å². The van der Waals surface area contributed by atoms with Gasteiger partial charge in [0, 0.05) is 36.9 Å². The van der Waals surface area contributed by atoms with Crippen molar-refractivity contribution in [2.75, 3.05) is 26.2 Å². The van der Waals surface area contributed by atoms with Crippen LogP contribution >= 0.6 is 78.7 Å². The lowest BCUT2D eigenvalue weighted by Gasteiger charge is -2.40. The minimum absolute atomic E-state index is 0.148. The zero-order chi connectivity index (χ0) is 33.1. The van der Waals surface area contributed by atoms with Crippen molar-refractivity contribution in [3.63, 3.8) is 0 Å². The molecule has 3 aliphatic rings. The van der Waals surface area contributed by atoms with E-state index in [4.69, 9.17) is 16.6 Å². The normalized spacial score (nSPS) is 24.0. The Morgan fingerprint density at radius 3 is 2.39 bits per heavy atom. The smallest absolute Gasteiger partial charge is 0.321 e. The Hall–Kier alpha value is -0.110. The minimum atomic E-state index is -0.822. The van der Waals surface area contributed by atoms with Gasteiger partial charge in [-0.15, -0.1) is 11.3 Å². The number of halogens is 3. The van der Waals surface area contributed by atoms with Gasteiger partial charge >= 0.3 is 5.97 Å². The quantitative estimate of drug-likeness (QED) is 0.154. The Bertz CT molecular complexity index is 1240. The van der Waals surface area contributed by atoms with Crippen molar-refractivity contribution in [2.24, 2.45) is 16.8 Å². The number of aliphatic imine (C=N–C) groups is 1. The number of nitrogens with zero attached hydrogens (tertiary/aromatic N) is 3. The molecule has 2 saturated heterocycles. The van der Waals surface area contributed by atoms with Crippen molar-refractivity contribution in [1.29, 1.82) is 0 Å². The second-order valence-electron chi connectivity index (χ2n) is 12.4. The molecule has 5 rings (SSSR count). The summed E-state index contributed by atoms with van der Waals surface area (Å²) in [6.45, 7) is 10.6. The molecule has 0 amide bonds. The number of carboxylic acids is 1. The van der Waals surface area contributed by atoms with Crippen LogP contribution in [0.1, 0.15) is 76.3 Å². The number of thiophene rings is 1. The van der Waals surface area contributed by atoms with Gasteiger partial charge in [-0.1, -0.05) is 102 Å². The van der Waals surface area contributed by atoms with Crippen molar-refractivity contribution >= 4 is 90.9 Å². The first kappa shape index (κ1) is 38.7. The number of hydrogen-bond donors (Lipinski definition) is 2. The first-order valence-electron chi connectivity index (χ1n) is 16.7. The molecule has 0 bridgehead atoms. The van der Waals surface area contributed by atoms with Gasteiger partial charge < -0.3 is 5.11 Å². The molecular weight excluding hydrogens is 788 g/mol. The van der Waals surface area contributed by atoms with Gasteiger partial charge in [-0.2, -0.15) is 0 Å². The second-order valence-corrected chi connectivity index (χ2v) is 18.5. The molecule has 0 radical (unpaired) electrons. The van der Waals surface area contributed by atoms with Crippen LogP contribution in [0.4, 0.5) is 0 Å². The average molecular weight is 837 g/mol. The first-order chi connectivity index (χ1) is 22.2. The third-order valence-electron chi connectivity index (χ3n) is 9.03. The van der Waals surface area contributed by atoms with Crippen molar-refractivity contribution in [3.8, 4) is 0 Å². The molecule has 4 heterocycles. The fraction of sp³-hybridized carbons (Fsp3) is 0.647. The molecule has 0 saturated carbocycles. The van der Waals surface area contributed by atoms with Gasteiger partial charge in [-0.25, -0.2) is 9.03 Å². The highest BCUT2D eigenvalue weighted by molar-refractivity contribution is 9.10. The summed E-state index contributed by atoms with van der Waals surface area (Å²) in [5.41, 5.74) is 2.18. The van der Waals surface area contributed by atoms with E-state index in [9.17, 15) is 9.90 Å². The summed E-state index contributed by atoms with van der Waals surface area (Å²) in [6, 6.07) is 9.57. The summed E-state index contributed by atoms with van der Waals surface area (Å²) in [5.74, 6) is 0.876. The van der Waals surface area contributed by atoms with Gasteiger partial charge in [0.2, 0.25) is 0 Å². The minimum Gasteiger partial charge on any atom is -0.480 e. The molecule has 2 fully saturated rings. The Labute approximate surface area is 310 Å². The van der Waals surface area contributed by atoms with E-state index in [0.717, 1.165) is 51.3 Å². The highest BCUT2D eigenvalue weighted by Crippen LogP contribution is 2.40. The molecule has 1 aromatic heterocycles. The molecule has 0 spiro atoms. The summed E-state index contributed by atoms with van der Waals surface area (Å²) >= 11 is 18.7. The molecule has 4 atom stereocenters. The molecule has 2 N–H and O–H groups in total. The molecular formula is C34H49Br2ClN4O2S3. The third kappa shape index (κ3) is 12.0. The highest BCUT2D eigenvalue weighted by Gasteiger charge is 2.33. The summed E-state index contributed by atoms with van der Waals surface area (Å²) in [7, 11) is 0. The number of rotatable bonds is 13. The van der Waals surface area contributed by atoms with Gasteiger partial charge in [-0.3, -0.25) is 14.7 Å². The monoisotopic (exact) mass is 834 g/mol. The molecule has 0 aliphatic carbocycles. The van der Waals surface area contributed by atoms with E-state index in [1.807, 2.05) is 57.1 Å². The number of benzene rings is 1. The molecule has 4 unspecified atom stereocenters. The van der Waals surface area contributed by atoms with Crippen molar-refractivity contribution in [2.45, 2.75) is 105 Å². The van der Waals surface area contributed by atoms with Crippen LogP contribution < -0.4 is 4.72 Å². The van der Waals surface area contributed by atoms with Crippen molar-refractivity contribution in [1.82, 2.24) is 13.9 Å². The Morgan fingerprint density at radius 2 is 1.80 bits per heavy atom. The van der Waals surface area contributed by atoms with Gasteiger partial charge in [0.25, 0.3) is 0 Å². The van der Waals surface area contributed by atoms with E-state index in [2.05, 4.69) is 57.9 Å². The predicted molar refractivity (Wildman–Crippen MR) is 207 cm³/mol. The molecule has 256 valence electrons. The van der Waals surface area contributed by atoms with E-state index >= 15 is 0 Å². The number of alkyl halides is 1. The largest absolute Gasteiger partial charge is 0.480 e. The average Bonchev–Trinajstić information content (AvgIpc) is 3.37. The molecule has 12 heteroatoms. The van der Waals surface area contributed by atoms with Crippen LogP contribution in [-0.4, -0.2) is 75.0 Å². The standard InChI is InChI=1S/C32H43Br2ClN4O2S3.C2H6/c1-21-4-2-7-24(16-21)17-28(32(40)41)37-43-25-18-27(34)31(36-20-25)38-12-8-22(9-13-38)5-3-6-23-10-14-39(15-11-23)44-29-19-26(33)30(35)42-29;1-2/h2,4,7,16,19-20,22-23,25,27-28,31,37H,3,5-6,8-15,17-18H2,1H3,(H,40,41);1-2H3. The summed E-state index contributed by atoms with van der Waals surface area (Å²) in [5, 5.41) is 9.92. The van der Waals surface area contributed by atoms with E-state index in [0.29, 0.717) is 6.42 Å². The lowest BCUT2D eigenvalue weighted by Crippen LogP contribution is -2.47. The van der Waals surface area contributed by atoms with Crippen LogP contribution in [0.3, 0.4) is 0 Å². The fourth-order valence-electron chi connectivity index (χ4n) is 6.50. The van der Waals surface area contributed by atoms with Crippen molar-refractivity contribution in [3.05, 3.63) is 50.3 Å². The van der Waals surface area contributed by atoms with E-state index in [1.54, 1.807) is 11.3 Å². The number of aryl methyl sites for hydroxylation is 1. The van der Waals surface area contributed by atoms with Crippen LogP contribution in [-0.2, 0) is 11.2 Å². The lowest BCUT2D eigenvalue weighted by atomic mass is 9.87. The highest BCUT2D eigenvalue weighted by atomic mass is 79.9. The zero-order valence-corrected chi connectivity index (χ0v) is 33.6. The Morgan fingerprint density at radius 1 is 1.13 bits per heavy atom. The predicted octanol–water partition coefficient (Wildman–Crippen LogP) is 9.97. The maximum atomic E-state index is 11.9. The van der Waals surface area contributed by atoms with Crippen LogP contribution in [0.2, 0.25) is 4.34 Å². The number of carbonyl (C=O) groups is 1. The maximum absolute atomic E-state index is 11.9. The van der Waals surface area contributed by atoms with E-state index < -0.39 is 12.0 Å². The number of hydrogen-bond acceptors (Lipinski definition) is 8. The molecule has 46 heavy (non-hydrogen) atoms. The van der Waals surface area contributed by atoms with Crippen LogP contribution in [0.15, 0.2) is 44.0 Å². The third-order valence-corrected chi connectivity index (χ3v) is 14.6. The van der Waals surface area contributed by atoms with Crippen molar-refractivity contribution < 1.29 is 9.90 Å². The lowest BCUT2D eigenvalue weighted by molar-refractivity contribution is -0.138. The SMILES string of the molecule is CC.Cc1cccc(CC(NSC2C=NC(N3CCC(CCCC4CCN(Sc5cc(Br)c(Cl)s5)CC4)CC3)C(Br)C2)C(=O)O)c1. The molecule has 6 nitrogen and oxygen atoms in total. The first-order valence-corrected chi connectivity index (χ1v) is 21.3. The van der Waals surface area contributed by atoms with E-state index in [1.165, 1.54) is 74.2 Å². The van der Waals surface area contributed by atoms with E-state index in [-0.39, 0.29) is 16.2 Å². The Balaban J connectivity index is 0.00000235. The summed E-state index contributed by atoms with van der Waals surface area (Å²) in [6.07, 6.45) is 12.8. The van der Waals surface area contributed by atoms with Crippen LogP contribution in [0.5, 0.6) is 0 Å².